The van der Waals surface area contributed by atoms with Gasteiger partial charge < -0.3 is 5.32 Å². The Kier molecular flexibility index (Phi) is 2.25. The van der Waals surface area contributed by atoms with Gasteiger partial charge in [-0.25, -0.2) is 0 Å². The quantitative estimate of drug-likeness (QED) is 0.688. The second kappa shape index (κ2) is 3.56. The van der Waals surface area contributed by atoms with Gasteiger partial charge in [0.1, 0.15) is 0 Å². The van der Waals surface area contributed by atoms with Crippen molar-refractivity contribution in [3.05, 3.63) is 29.6 Å². The standard InChI is InChI=1S/C10H12N2O/c13-7-12-10-3-1-2-8-6-11-5-4-9(8)10/h4-7,10H,1-3H2,(H,12,13). The van der Waals surface area contributed by atoms with Crippen molar-refractivity contribution in [3.63, 3.8) is 0 Å². The molecule has 1 aliphatic carbocycles. The molecular formula is C10H12N2O. The van der Waals surface area contributed by atoms with Gasteiger partial charge in [0.15, 0.2) is 0 Å². The molecule has 3 nitrogen and oxygen atoms in total. The van der Waals surface area contributed by atoms with Crippen LogP contribution in [0.2, 0.25) is 0 Å². The zero-order valence-corrected chi connectivity index (χ0v) is 7.36. The van der Waals surface area contributed by atoms with Crippen molar-refractivity contribution in [3.8, 4) is 0 Å². The summed E-state index contributed by atoms with van der Waals surface area (Å²) in [7, 11) is 0. The lowest BCUT2D eigenvalue weighted by atomic mass is 9.89. The number of nitrogens with one attached hydrogen (secondary N) is 1. The van der Waals surface area contributed by atoms with Crippen LogP contribution in [0, 0.1) is 0 Å². The number of rotatable bonds is 2. The van der Waals surface area contributed by atoms with E-state index in [0.717, 1.165) is 25.7 Å². The zero-order chi connectivity index (χ0) is 9.10. The minimum absolute atomic E-state index is 0.198. The van der Waals surface area contributed by atoms with E-state index in [1.165, 1.54) is 11.1 Å². The first-order valence-electron chi connectivity index (χ1n) is 4.54. The van der Waals surface area contributed by atoms with Crippen molar-refractivity contribution in [1.29, 1.82) is 0 Å². The third kappa shape index (κ3) is 1.54. The fraction of sp³-hybridized carbons (Fsp3) is 0.400. The molecule has 0 fully saturated rings. The van der Waals surface area contributed by atoms with E-state index in [1.807, 2.05) is 12.3 Å². The van der Waals surface area contributed by atoms with Gasteiger partial charge in [0, 0.05) is 12.4 Å². The van der Waals surface area contributed by atoms with Crippen molar-refractivity contribution in [2.45, 2.75) is 25.3 Å². The molecule has 1 aliphatic rings. The number of hydrogen-bond acceptors (Lipinski definition) is 2. The van der Waals surface area contributed by atoms with E-state index in [2.05, 4.69) is 10.3 Å². The number of hydrogen-bond donors (Lipinski definition) is 1. The summed E-state index contributed by atoms with van der Waals surface area (Å²) in [6, 6.07) is 2.19. The molecule has 68 valence electrons. The summed E-state index contributed by atoms with van der Waals surface area (Å²) in [5, 5.41) is 2.83. The van der Waals surface area contributed by atoms with Crippen molar-refractivity contribution in [2.75, 3.05) is 0 Å². The maximum absolute atomic E-state index is 10.4. The van der Waals surface area contributed by atoms with E-state index in [9.17, 15) is 4.79 Å². The third-order valence-corrected chi connectivity index (χ3v) is 2.52. The van der Waals surface area contributed by atoms with Crippen molar-refractivity contribution in [1.82, 2.24) is 10.3 Å². The molecule has 0 saturated heterocycles. The topological polar surface area (TPSA) is 42.0 Å². The molecule has 1 aromatic rings. The largest absolute Gasteiger partial charge is 0.352 e. The first-order chi connectivity index (χ1) is 6.42. The Balaban J connectivity index is 2.31. The molecule has 2 rings (SSSR count). The van der Waals surface area contributed by atoms with Gasteiger partial charge in [-0.15, -0.1) is 0 Å². The van der Waals surface area contributed by atoms with E-state index in [1.54, 1.807) is 6.20 Å². The van der Waals surface area contributed by atoms with E-state index in [4.69, 9.17) is 0 Å². The van der Waals surface area contributed by atoms with Crippen molar-refractivity contribution >= 4 is 6.41 Å². The molecule has 1 heterocycles. The van der Waals surface area contributed by atoms with Gasteiger partial charge in [-0.1, -0.05) is 0 Å². The highest BCUT2D eigenvalue weighted by molar-refractivity contribution is 5.48. The van der Waals surface area contributed by atoms with Crippen LogP contribution in [0.4, 0.5) is 0 Å². The van der Waals surface area contributed by atoms with E-state index < -0.39 is 0 Å². The minimum Gasteiger partial charge on any atom is -0.352 e. The van der Waals surface area contributed by atoms with E-state index in [-0.39, 0.29) is 6.04 Å². The number of fused-ring (bicyclic) bond motifs is 1. The van der Waals surface area contributed by atoms with Gasteiger partial charge in [-0.3, -0.25) is 9.78 Å². The highest BCUT2D eigenvalue weighted by Crippen LogP contribution is 2.28. The minimum atomic E-state index is 0.198. The van der Waals surface area contributed by atoms with Gasteiger partial charge in [-0.2, -0.15) is 0 Å². The molecule has 1 N–H and O–H groups in total. The Bertz CT molecular complexity index is 312. The Labute approximate surface area is 77.2 Å². The molecule has 0 radical (unpaired) electrons. The van der Waals surface area contributed by atoms with Gasteiger partial charge in [0.25, 0.3) is 0 Å². The molecule has 0 spiro atoms. The molecule has 3 heteroatoms. The Morgan fingerprint density at radius 1 is 1.62 bits per heavy atom. The van der Waals surface area contributed by atoms with Crippen LogP contribution < -0.4 is 5.32 Å². The first kappa shape index (κ1) is 8.23. The molecule has 1 unspecified atom stereocenters. The number of aryl methyl sites for hydroxylation is 1. The molecule has 1 aromatic heterocycles. The SMILES string of the molecule is O=CNC1CCCc2cnccc21. The molecule has 0 bridgehead atoms. The summed E-state index contributed by atoms with van der Waals surface area (Å²) < 4.78 is 0. The predicted molar refractivity (Wildman–Crippen MR) is 49.1 cm³/mol. The van der Waals surface area contributed by atoms with Crippen LogP contribution in [0.25, 0.3) is 0 Å². The summed E-state index contributed by atoms with van der Waals surface area (Å²) in [5.41, 5.74) is 2.50. The van der Waals surface area contributed by atoms with Gasteiger partial charge in [0.05, 0.1) is 6.04 Å². The lowest BCUT2D eigenvalue weighted by Crippen LogP contribution is -2.23. The number of pyridine rings is 1. The van der Waals surface area contributed by atoms with Crippen LogP contribution in [-0.2, 0) is 11.2 Å². The van der Waals surface area contributed by atoms with E-state index >= 15 is 0 Å². The van der Waals surface area contributed by atoms with Crippen LogP contribution in [0.15, 0.2) is 18.5 Å². The van der Waals surface area contributed by atoms with Gasteiger partial charge in [-0.05, 0) is 36.5 Å². The van der Waals surface area contributed by atoms with Gasteiger partial charge >= 0.3 is 0 Å². The first-order valence-corrected chi connectivity index (χ1v) is 4.54. The monoisotopic (exact) mass is 176 g/mol. The second-order valence-electron chi connectivity index (χ2n) is 3.30. The number of carbonyl (C=O) groups is 1. The van der Waals surface area contributed by atoms with Crippen LogP contribution in [0.1, 0.15) is 30.0 Å². The summed E-state index contributed by atoms with van der Waals surface area (Å²) in [5.74, 6) is 0. The maximum atomic E-state index is 10.4. The number of carbonyl (C=O) groups excluding carboxylic acids is 1. The lowest BCUT2D eigenvalue weighted by Gasteiger charge is -2.24. The van der Waals surface area contributed by atoms with Crippen molar-refractivity contribution in [2.24, 2.45) is 0 Å². The maximum Gasteiger partial charge on any atom is 0.207 e. The molecule has 1 amide bonds. The summed E-state index contributed by atoms with van der Waals surface area (Å²) in [6.07, 6.45) is 7.71. The van der Waals surface area contributed by atoms with E-state index in [0.29, 0.717) is 0 Å². The highest BCUT2D eigenvalue weighted by Gasteiger charge is 2.18. The fourth-order valence-electron chi connectivity index (χ4n) is 1.89. The Morgan fingerprint density at radius 2 is 2.54 bits per heavy atom. The average Bonchev–Trinajstić information content (AvgIpc) is 2.19. The second-order valence-corrected chi connectivity index (χ2v) is 3.30. The van der Waals surface area contributed by atoms with Crippen LogP contribution in [0.5, 0.6) is 0 Å². The molecule has 1 atom stereocenters. The van der Waals surface area contributed by atoms with Gasteiger partial charge in [0.2, 0.25) is 6.41 Å². The third-order valence-electron chi connectivity index (χ3n) is 2.52. The fourth-order valence-corrected chi connectivity index (χ4v) is 1.89. The highest BCUT2D eigenvalue weighted by atomic mass is 16.1. The summed E-state index contributed by atoms with van der Waals surface area (Å²) in [6.45, 7) is 0. The smallest absolute Gasteiger partial charge is 0.207 e. The van der Waals surface area contributed by atoms with Crippen LogP contribution >= 0.6 is 0 Å². The molecule has 0 aromatic carbocycles. The predicted octanol–water partition coefficient (Wildman–Crippen LogP) is 1.21. The molecular weight excluding hydrogens is 164 g/mol. The van der Waals surface area contributed by atoms with Crippen LogP contribution in [-0.4, -0.2) is 11.4 Å². The number of nitrogens with zero attached hydrogens (tertiary/aromatic N) is 1. The van der Waals surface area contributed by atoms with Crippen molar-refractivity contribution < 1.29 is 4.79 Å². The molecule has 0 aliphatic heterocycles. The zero-order valence-electron chi connectivity index (χ0n) is 7.36. The summed E-state index contributed by atoms with van der Waals surface area (Å²) in [4.78, 5) is 14.4. The molecule has 0 saturated carbocycles. The lowest BCUT2D eigenvalue weighted by molar-refractivity contribution is -0.110. The number of aromatic nitrogens is 1. The Morgan fingerprint density at radius 3 is 3.38 bits per heavy atom. The summed E-state index contributed by atoms with van der Waals surface area (Å²) >= 11 is 0. The van der Waals surface area contributed by atoms with Crippen LogP contribution in [0.3, 0.4) is 0 Å². The average molecular weight is 176 g/mol. The molecule has 13 heavy (non-hydrogen) atoms. The number of amides is 1. The normalized spacial score (nSPS) is 20.5. The Hall–Kier alpha value is -1.38.